The van der Waals surface area contributed by atoms with Gasteiger partial charge in [0.05, 0.1) is 0 Å². The van der Waals surface area contributed by atoms with Gasteiger partial charge < -0.3 is 9.80 Å². The number of likely N-dealkylation sites (tertiary alicyclic amines) is 2. The van der Waals surface area contributed by atoms with Crippen LogP contribution in [-0.4, -0.2) is 47.8 Å². The van der Waals surface area contributed by atoms with Crippen LogP contribution in [0.25, 0.3) is 0 Å². The number of aryl methyl sites for hydroxylation is 1. The minimum Gasteiger partial charge on any atom is -0.343 e. The number of benzene rings is 1. The first-order valence-corrected chi connectivity index (χ1v) is 10.0. The predicted octanol–water partition coefficient (Wildman–Crippen LogP) is 3.54. The first kappa shape index (κ1) is 19.8. The minimum absolute atomic E-state index is 0.0512. The number of carbonyl (C=O) groups excluding carboxylic acids is 2. The quantitative estimate of drug-likeness (QED) is 0.760. The zero-order chi connectivity index (χ0) is 19.2. The molecule has 2 aliphatic rings. The van der Waals surface area contributed by atoms with Crippen molar-refractivity contribution in [3.63, 3.8) is 0 Å². The van der Waals surface area contributed by atoms with Gasteiger partial charge in [-0.05, 0) is 62.1 Å². The second-order valence-corrected chi connectivity index (χ2v) is 7.72. The lowest BCUT2D eigenvalue weighted by molar-refractivity contribution is -0.133. The Bertz CT molecular complexity index is 674. The van der Waals surface area contributed by atoms with E-state index in [0.717, 1.165) is 63.9 Å². The van der Waals surface area contributed by atoms with Crippen LogP contribution in [-0.2, 0) is 16.0 Å². The third kappa shape index (κ3) is 5.50. The van der Waals surface area contributed by atoms with E-state index in [1.165, 1.54) is 6.07 Å². The lowest BCUT2D eigenvalue weighted by atomic mass is 9.92. The number of halogens is 2. The molecule has 2 aliphatic heterocycles. The highest BCUT2D eigenvalue weighted by Gasteiger charge is 2.25. The van der Waals surface area contributed by atoms with E-state index in [-0.39, 0.29) is 11.8 Å². The van der Waals surface area contributed by atoms with Gasteiger partial charge in [0.2, 0.25) is 11.8 Å². The fraction of sp³-hybridized carbons (Fsp3) is 0.619. The van der Waals surface area contributed by atoms with Gasteiger partial charge in [0, 0.05) is 39.0 Å². The van der Waals surface area contributed by atoms with Crippen molar-refractivity contribution in [1.29, 1.82) is 0 Å². The first-order chi connectivity index (χ1) is 13.0. The molecule has 1 unspecified atom stereocenters. The molecule has 0 N–H and O–H groups in total. The zero-order valence-electron chi connectivity index (χ0n) is 15.8. The monoisotopic (exact) mass is 378 g/mol. The molecule has 3 rings (SSSR count). The Balaban J connectivity index is 1.43. The molecule has 2 heterocycles. The number of hydrogen-bond donors (Lipinski definition) is 0. The van der Waals surface area contributed by atoms with Crippen molar-refractivity contribution in [2.24, 2.45) is 5.92 Å². The van der Waals surface area contributed by atoms with Gasteiger partial charge in [-0.3, -0.25) is 9.59 Å². The van der Waals surface area contributed by atoms with Gasteiger partial charge in [0.1, 0.15) is 0 Å². The average molecular weight is 378 g/mol. The summed E-state index contributed by atoms with van der Waals surface area (Å²) in [7, 11) is 0. The molecule has 0 spiro atoms. The molecule has 0 saturated carbocycles. The fourth-order valence-corrected chi connectivity index (χ4v) is 4.08. The molecule has 148 valence electrons. The summed E-state index contributed by atoms with van der Waals surface area (Å²) in [6.45, 7) is 3.22. The lowest BCUT2D eigenvalue weighted by Gasteiger charge is -2.33. The van der Waals surface area contributed by atoms with E-state index in [4.69, 9.17) is 0 Å². The highest BCUT2D eigenvalue weighted by Crippen LogP contribution is 2.23. The Labute approximate surface area is 159 Å². The van der Waals surface area contributed by atoms with Crippen LogP contribution < -0.4 is 0 Å². The second kappa shape index (κ2) is 9.29. The van der Waals surface area contributed by atoms with Crippen LogP contribution >= 0.6 is 0 Å². The Kier molecular flexibility index (Phi) is 6.80. The molecular weight excluding hydrogens is 350 g/mol. The van der Waals surface area contributed by atoms with Crippen LogP contribution in [0.1, 0.15) is 50.5 Å². The smallest absolute Gasteiger partial charge is 0.222 e. The summed E-state index contributed by atoms with van der Waals surface area (Å²) in [4.78, 5) is 28.5. The van der Waals surface area contributed by atoms with Crippen molar-refractivity contribution in [3.05, 3.63) is 35.4 Å². The van der Waals surface area contributed by atoms with Crippen molar-refractivity contribution < 1.29 is 18.4 Å². The normalized spacial score (nSPS) is 20.1. The SMILES string of the molecule is O=C(CCC1CCCN(C(=O)CCc2ccc(F)c(F)c2)C1)N1CCCC1. The molecule has 2 saturated heterocycles. The van der Waals surface area contributed by atoms with Gasteiger partial charge in [0.15, 0.2) is 11.6 Å². The van der Waals surface area contributed by atoms with Crippen LogP contribution in [0.5, 0.6) is 0 Å². The maximum Gasteiger partial charge on any atom is 0.222 e. The molecule has 1 atom stereocenters. The van der Waals surface area contributed by atoms with Gasteiger partial charge in [-0.1, -0.05) is 6.07 Å². The Hall–Kier alpha value is -1.98. The van der Waals surface area contributed by atoms with E-state index in [1.807, 2.05) is 9.80 Å². The Morgan fingerprint density at radius 2 is 1.63 bits per heavy atom. The van der Waals surface area contributed by atoms with Gasteiger partial charge in [-0.2, -0.15) is 0 Å². The Morgan fingerprint density at radius 3 is 2.37 bits per heavy atom. The van der Waals surface area contributed by atoms with E-state index in [9.17, 15) is 18.4 Å². The van der Waals surface area contributed by atoms with Crippen LogP contribution in [0.4, 0.5) is 8.78 Å². The summed E-state index contributed by atoms with van der Waals surface area (Å²) in [6.07, 6.45) is 6.34. The molecule has 0 aromatic heterocycles. The predicted molar refractivity (Wildman–Crippen MR) is 99.0 cm³/mol. The number of piperidine rings is 1. The third-order valence-electron chi connectivity index (χ3n) is 5.71. The topological polar surface area (TPSA) is 40.6 Å². The molecule has 1 aromatic carbocycles. The van der Waals surface area contributed by atoms with E-state index < -0.39 is 11.6 Å². The molecule has 27 heavy (non-hydrogen) atoms. The molecule has 4 nitrogen and oxygen atoms in total. The van der Waals surface area contributed by atoms with E-state index in [2.05, 4.69) is 0 Å². The average Bonchev–Trinajstić information content (AvgIpc) is 3.22. The summed E-state index contributed by atoms with van der Waals surface area (Å²) in [5, 5.41) is 0. The van der Waals surface area contributed by atoms with E-state index >= 15 is 0 Å². The van der Waals surface area contributed by atoms with Crippen molar-refractivity contribution in [2.45, 2.75) is 51.4 Å². The van der Waals surface area contributed by atoms with E-state index in [1.54, 1.807) is 0 Å². The molecular formula is C21H28F2N2O2. The molecule has 2 amide bonds. The number of hydrogen-bond acceptors (Lipinski definition) is 2. The first-order valence-electron chi connectivity index (χ1n) is 10.0. The Morgan fingerprint density at radius 1 is 0.926 bits per heavy atom. The van der Waals surface area contributed by atoms with Crippen molar-refractivity contribution in [3.8, 4) is 0 Å². The number of nitrogens with zero attached hydrogens (tertiary/aromatic N) is 2. The molecule has 1 aromatic rings. The second-order valence-electron chi connectivity index (χ2n) is 7.72. The van der Waals surface area contributed by atoms with Gasteiger partial charge in [-0.15, -0.1) is 0 Å². The molecule has 2 fully saturated rings. The van der Waals surface area contributed by atoms with Gasteiger partial charge in [0.25, 0.3) is 0 Å². The number of amides is 2. The van der Waals surface area contributed by atoms with Gasteiger partial charge in [-0.25, -0.2) is 8.78 Å². The van der Waals surface area contributed by atoms with Crippen LogP contribution in [0, 0.1) is 17.6 Å². The summed E-state index contributed by atoms with van der Waals surface area (Å²) in [6, 6.07) is 3.78. The summed E-state index contributed by atoms with van der Waals surface area (Å²) >= 11 is 0. The lowest BCUT2D eigenvalue weighted by Crippen LogP contribution is -2.40. The largest absolute Gasteiger partial charge is 0.343 e. The van der Waals surface area contributed by atoms with Crippen molar-refractivity contribution >= 4 is 11.8 Å². The molecule has 0 radical (unpaired) electrons. The molecule has 0 bridgehead atoms. The maximum absolute atomic E-state index is 13.3. The van der Waals surface area contributed by atoms with E-state index in [0.29, 0.717) is 37.3 Å². The van der Waals surface area contributed by atoms with Crippen molar-refractivity contribution in [1.82, 2.24) is 9.80 Å². The number of rotatable bonds is 6. The molecule has 6 heteroatoms. The van der Waals surface area contributed by atoms with Crippen molar-refractivity contribution in [2.75, 3.05) is 26.2 Å². The van der Waals surface area contributed by atoms with Crippen LogP contribution in [0.15, 0.2) is 18.2 Å². The summed E-state index contributed by atoms with van der Waals surface area (Å²) in [5.74, 6) is -1.07. The molecule has 0 aliphatic carbocycles. The number of carbonyl (C=O) groups is 2. The minimum atomic E-state index is -0.874. The van der Waals surface area contributed by atoms with Crippen LogP contribution in [0.3, 0.4) is 0 Å². The zero-order valence-corrected chi connectivity index (χ0v) is 15.8. The fourth-order valence-electron chi connectivity index (χ4n) is 4.08. The van der Waals surface area contributed by atoms with Crippen LogP contribution in [0.2, 0.25) is 0 Å². The highest BCUT2D eigenvalue weighted by atomic mass is 19.2. The van der Waals surface area contributed by atoms with Gasteiger partial charge >= 0.3 is 0 Å². The standard InChI is InChI=1S/C21H28F2N2O2/c22-18-8-5-16(14-19(18)23)6-9-21(27)25-13-3-4-17(15-25)7-10-20(26)24-11-1-2-12-24/h5,8,14,17H,1-4,6-7,9-13,15H2. The highest BCUT2D eigenvalue weighted by molar-refractivity contribution is 5.77. The summed E-state index contributed by atoms with van der Waals surface area (Å²) in [5.41, 5.74) is 0.631. The maximum atomic E-state index is 13.3. The summed E-state index contributed by atoms with van der Waals surface area (Å²) < 4.78 is 26.3. The third-order valence-corrected chi connectivity index (χ3v) is 5.71.